The summed E-state index contributed by atoms with van der Waals surface area (Å²) in [6.07, 6.45) is 0. The number of morpholine rings is 1. The summed E-state index contributed by atoms with van der Waals surface area (Å²) in [5.41, 5.74) is 3.52. The van der Waals surface area contributed by atoms with Gasteiger partial charge in [-0.15, -0.1) is 5.10 Å². The molecule has 0 amide bonds. The summed E-state index contributed by atoms with van der Waals surface area (Å²) in [7, 11) is 0. The van der Waals surface area contributed by atoms with Crippen LogP contribution in [0.3, 0.4) is 0 Å². The van der Waals surface area contributed by atoms with Crippen LogP contribution in [0.15, 0.2) is 59.4 Å². The number of hydrogen-bond acceptors (Lipinski definition) is 6. The Morgan fingerprint density at radius 2 is 1.90 bits per heavy atom. The van der Waals surface area contributed by atoms with Crippen LogP contribution in [-0.2, 0) is 11.3 Å². The highest BCUT2D eigenvalue weighted by Gasteiger charge is 2.31. The van der Waals surface area contributed by atoms with Crippen LogP contribution >= 0.6 is 0 Å². The predicted octanol–water partition coefficient (Wildman–Crippen LogP) is 2.29. The molecular formula is C23H24N6O2. The summed E-state index contributed by atoms with van der Waals surface area (Å²) in [5.74, 6) is 0.656. The molecule has 1 fully saturated rings. The molecule has 5 rings (SSSR count). The average molecular weight is 416 g/mol. The second-order valence-corrected chi connectivity index (χ2v) is 7.82. The standard InChI is InChI=1S/C23H24N6O2/c1-16-6-5-9-18-14-19(23(30)24-20(16)18)21(28-10-12-31-13-11-28)22-25-26-27-29(22)15-17-7-3-2-4-8-17/h2-9,14,21H,10-13,15H2,1H3,(H,24,30). The molecule has 8 heteroatoms. The minimum absolute atomic E-state index is 0.118. The summed E-state index contributed by atoms with van der Waals surface area (Å²) in [6, 6.07) is 17.7. The molecule has 2 aromatic heterocycles. The molecule has 8 nitrogen and oxygen atoms in total. The number of H-pyrrole nitrogens is 1. The van der Waals surface area contributed by atoms with E-state index in [0.717, 1.165) is 22.0 Å². The number of ether oxygens (including phenoxy) is 1. The van der Waals surface area contributed by atoms with Crippen LogP contribution in [-0.4, -0.2) is 56.4 Å². The topological polar surface area (TPSA) is 88.9 Å². The number of nitrogens with one attached hydrogen (secondary N) is 1. The van der Waals surface area contributed by atoms with Gasteiger partial charge >= 0.3 is 0 Å². The van der Waals surface area contributed by atoms with Crippen LogP contribution in [0.25, 0.3) is 10.9 Å². The maximum Gasteiger partial charge on any atom is 0.253 e. The largest absolute Gasteiger partial charge is 0.379 e. The van der Waals surface area contributed by atoms with Gasteiger partial charge in [0.2, 0.25) is 0 Å². The van der Waals surface area contributed by atoms with Crippen LogP contribution in [0.2, 0.25) is 0 Å². The van der Waals surface area contributed by atoms with E-state index in [0.29, 0.717) is 44.2 Å². The number of rotatable bonds is 5. The molecule has 1 unspecified atom stereocenters. The highest BCUT2D eigenvalue weighted by atomic mass is 16.5. The van der Waals surface area contributed by atoms with Crippen molar-refractivity contribution in [3.63, 3.8) is 0 Å². The molecule has 31 heavy (non-hydrogen) atoms. The molecule has 0 bridgehead atoms. The maximum atomic E-state index is 13.2. The molecule has 3 heterocycles. The van der Waals surface area contributed by atoms with Crippen LogP contribution < -0.4 is 5.56 Å². The third kappa shape index (κ3) is 3.87. The van der Waals surface area contributed by atoms with E-state index in [-0.39, 0.29) is 11.6 Å². The molecule has 1 N–H and O–H groups in total. The number of aromatic nitrogens is 5. The zero-order valence-electron chi connectivity index (χ0n) is 17.4. The van der Waals surface area contributed by atoms with Gasteiger partial charge in [0.1, 0.15) is 6.04 Å². The normalized spacial score (nSPS) is 15.9. The molecule has 0 radical (unpaired) electrons. The first-order chi connectivity index (χ1) is 15.2. The quantitative estimate of drug-likeness (QED) is 0.537. The van der Waals surface area contributed by atoms with E-state index in [2.05, 4.69) is 25.4 Å². The van der Waals surface area contributed by atoms with Gasteiger partial charge in [-0.1, -0.05) is 48.5 Å². The van der Waals surface area contributed by atoms with Crippen molar-refractivity contribution in [1.29, 1.82) is 0 Å². The molecule has 2 aromatic carbocycles. The number of tetrazole rings is 1. The Balaban J connectivity index is 1.63. The maximum absolute atomic E-state index is 13.2. The molecule has 158 valence electrons. The van der Waals surface area contributed by atoms with Gasteiger partial charge in [-0.05, 0) is 39.9 Å². The Labute approximate surface area is 179 Å². The smallest absolute Gasteiger partial charge is 0.253 e. The predicted molar refractivity (Wildman–Crippen MR) is 117 cm³/mol. The van der Waals surface area contributed by atoms with E-state index in [1.165, 1.54) is 0 Å². The SMILES string of the molecule is Cc1cccc2cc(C(c3nnnn3Cc3ccccc3)N3CCOCC3)c(=O)[nH]c12. The molecule has 0 spiro atoms. The number of aryl methyl sites for hydroxylation is 1. The fourth-order valence-corrected chi connectivity index (χ4v) is 4.21. The number of benzene rings is 2. The van der Waals surface area contributed by atoms with Gasteiger partial charge < -0.3 is 9.72 Å². The van der Waals surface area contributed by atoms with Gasteiger partial charge in [0.25, 0.3) is 5.56 Å². The molecule has 1 saturated heterocycles. The fourth-order valence-electron chi connectivity index (χ4n) is 4.21. The molecule has 0 saturated carbocycles. The first kappa shape index (κ1) is 19.6. The van der Waals surface area contributed by atoms with Crippen molar-refractivity contribution in [2.75, 3.05) is 26.3 Å². The lowest BCUT2D eigenvalue weighted by Gasteiger charge is -2.33. The van der Waals surface area contributed by atoms with Crippen LogP contribution in [0.4, 0.5) is 0 Å². The summed E-state index contributed by atoms with van der Waals surface area (Å²) in [6.45, 7) is 5.16. The number of nitrogens with zero attached hydrogens (tertiary/aromatic N) is 5. The Morgan fingerprint density at radius 3 is 2.71 bits per heavy atom. The zero-order chi connectivity index (χ0) is 21.2. The van der Waals surface area contributed by atoms with Crippen molar-refractivity contribution in [3.05, 3.63) is 87.5 Å². The van der Waals surface area contributed by atoms with Crippen molar-refractivity contribution in [2.45, 2.75) is 19.5 Å². The molecule has 0 aliphatic carbocycles. The second-order valence-electron chi connectivity index (χ2n) is 7.82. The third-order valence-corrected chi connectivity index (χ3v) is 5.80. The third-order valence-electron chi connectivity index (χ3n) is 5.80. The van der Waals surface area contributed by atoms with Crippen molar-refractivity contribution < 1.29 is 4.74 Å². The van der Waals surface area contributed by atoms with Gasteiger partial charge in [0.15, 0.2) is 5.82 Å². The van der Waals surface area contributed by atoms with Crippen LogP contribution in [0, 0.1) is 6.92 Å². The first-order valence-corrected chi connectivity index (χ1v) is 10.4. The number of fused-ring (bicyclic) bond motifs is 1. The van der Waals surface area contributed by atoms with Gasteiger partial charge in [-0.25, -0.2) is 4.68 Å². The first-order valence-electron chi connectivity index (χ1n) is 10.4. The van der Waals surface area contributed by atoms with Crippen molar-refractivity contribution >= 4 is 10.9 Å². The van der Waals surface area contributed by atoms with Gasteiger partial charge in [0.05, 0.1) is 25.3 Å². The van der Waals surface area contributed by atoms with Gasteiger partial charge in [-0.2, -0.15) is 0 Å². The monoisotopic (exact) mass is 416 g/mol. The summed E-state index contributed by atoms with van der Waals surface area (Å²) in [4.78, 5) is 18.6. The average Bonchev–Trinajstić information content (AvgIpc) is 3.24. The second kappa shape index (κ2) is 8.41. The van der Waals surface area contributed by atoms with Gasteiger partial charge in [0, 0.05) is 18.7 Å². The van der Waals surface area contributed by atoms with E-state index in [1.807, 2.05) is 61.5 Å². The molecule has 1 atom stereocenters. The van der Waals surface area contributed by atoms with E-state index in [4.69, 9.17) is 4.74 Å². The molecule has 1 aliphatic rings. The molecule has 1 aliphatic heterocycles. The van der Waals surface area contributed by atoms with Crippen LogP contribution in [0.1, 0.15) is 28.6 Å². The number of hydrogen-bond donors (Lipinski definition) is 1. The summed E-state index contributed by atoms with van der Waals surface area (Å²) >= 11 is 0. The van der Waals surface area contributed by atoms with Crippen molar-refractivity contribution in [1.82, 2.24) is 30.1 Å². The Kier molecular flexibility index (Phi) is 5.31. The van der Waals surface area contributed by atoms with E-state index in [1.54, 1.807) is 4.68 Å². The Morgan fingerprint density at radius 1 is 1.10 bits per heavy atom. The summed E-state index contributed by atoms with van der Waals surface area (Å²) in [5, 5.41) is 13.6. The van der Waals surface area contributed by atoms with E-state index in [9.17, 15) is 4.79 Å². The summed E-state index contributed by atoms with van der Waals surface area (Å²) < 4.78 is 7.35. The highest BCUT2D eigenvalue weighted by molar-refractivity contribution is 5.82. The van der Waals surface area contributed by atoms with E-state index >= 15 is 0 Å². The lowest BCUT2D eigenvalue weighted by Crippen LogP contribution is -2.42. The number of pyridine rings is 1. The number of aromatic amines is 1. The minimum atomic E-state index is -0.365. The fraction of sp³-hybridized carbons (Fsp3) is 0.304. The molecule has 4 aromatic rings. The minimum Gasteiger partial charge on any atom is -0.379 e. The number of para-hydroxylation sites is 1. The van der Waals surface area contributed by atoms with E-state index < -0.39 is 0 Å². The lowest BCUT2D eigenvalue weighted by atomic mass is 10.0. The Hall–Kier alpha value is -3.36. The lowest BCUT2D eigenvalue weighted by molar-refractivity contribution is 0.0214. The van der Waals surface area contributed by atoms with Crippen molar-refractivity contribution in [2.24, 2.45) is 0 Å². The Bertz CT molecular complexity index is 1240. The van der Waals surface area contributed by atoms with Crippen molar-refractivity contribution in [3.8, 4) is 0 Å². The van der Waals surface area contributed by atoms with Crippen LogP contribution in [0.5, 0.6) is 0 Å². The zero-order valence-corrected chi connectivity index (χ0v) is 17.4. The van der Waals surface area contributed by atoms with Gasteiger partial charge in [-0.3, -0.25) is 9.69 Å². The molecular weight excluding hydrogens is 392 g/mol. The highest BCUT2D eigenvalue weighted by Crippen LogP contribution is 2.28.